The molecule has 0 atom stereocenters. The van der Waals surface area contributed by atoms with Crippen molar-refractivity contribution >= 4 is 35.6 Å². The molecule has 1 aromatic rings. The first kappa shape index (κ1) is 19.2. The summed E-state index contributed by atoms with van der Waals surface area (Å²) in [6.45, 7) is 6.44. The summed E-state index contributed by atoms with van der Waals surface area (Å²) < 4.78 is 5.56. The van der Waals surface area contributed by atoms with Gasteiger partial charge in [0.15, 0.2) is 5.96 Å². The van der Waals surface area contributed by atoms with Gasteiger partial charge in [-0.05, 0) is 42.7 Å². The lowest BCUT2D eigenvalue weighted by atomic mass is 10.0. The second kappa shape index (κ2) is 10.0. The third-order valence-corrected chi connectivity index (χ3v) is 3.82. The normalized spacial score (nSPS) is 14.5. The number of para-hydroxylation sites is 1. The fourth-order valence-electron chi connectivity index (χ4n) is 2.34. The molecule has 0 aliphatic heterocycles. The fourth-order valence-corrected chi connectivity index (χ4v) is 2.34. The van der Waals surface area contributed by atoms with Gasteiger partial charge in [0.1, 0.15) is 0 Å². The average Bonchev–Trinajstić information content (AvgIpc) is 3.31. The highest BCUT2D eigenvalue weighted by Crippen LogP contribution is 2.28. The van der Waals surface area contributed by atoms with Crippen LogP contribution in [0, 0.1) is 5.92 Å². The van der Waals surface area contributed by atoms with Crippen LogP contribution in [0.15, 0.2) is 23.2 Å². The molecular weight excluding hydrogens is 389 g/mol. The SMILES string of the molecule is CCc1cccc(CC)c1NC(N)=NCCOCC1CC1.I. The summed E-state index contributed by atoms with van der Waals surface area (Å²) in [6, 6.07) is 6.36. The Hall–Kier alpha value is -0.820. The molecule has 1 fully saturated rings. The van der Waals surface area contributed by atoms with Crippen LogP contribution < -0.4 is 11.1 Å². The summed E-state index contributed by atoms with van der Waals surface area (Å²) in [7, 11) is 0. The van der Waals surface area contributed by atoms with E-state index in [-0.39, 0.29) is 24.0 Å². The lowest BCUT2D eigenvalue weighted by Crippen LogP contribution is -2.25. The largest absolute Gasteiger partial charge is 0.379 e. The quantitative estimate of drug-likeness (QED) is 0.294. The molecular formula is C17H28IN3O. The number of hydrogen-bond donors (Lipinski definition) is 2. The maximum atomic E-state index is 5.99. The van der Waals surface area contributed by atoms with Crippen molar-refractivity contribution in [3.63, 3.8) is 0 Å². The molecule has 1 aromatic carbocycles. The van der Waals surface area contributed by atoms with Crippen molar-refractivity contribution in [3.05, 3.63) is 29.3 Å². The number of nitrogens with zero attached hydrogens (tertiary/aromatic N) is 1. The van der Waals surface area contributed by atoms with Crippen LogP contribution in [0.2, 0.25) is 0 Å². The number of nitrogens with two attached hydrogens (primary N) is 1. The van der Waals surface area contributed by atoms with Crippen LogP contribution >= 0.6 is 24.0 Å². The topological polar surface area (TPSA) is 59.6 Å². The van der Waals surface area contributed by atoms with Gasteiger partial charge in [-0.2, -0.15) is 0 Å². The molecule has 22 heavy (non-hydrogen) atoms. The van der Waals surface area contributed by atoms with E-state index in [1.165, 1.54) is 24.0 Å². The highest BCUT2D eigenvalue weighted by molar-refractivity contribution is 14.0. The van der Waals surface area contributed by atoms with Gasteiger partial charge in [0.05, 0.1) is 13.2 Å². The van der Waals surface area contributed by atoms with Crippen molar-refractivity contribution in [1.29, 1.82) is 0 Å². The highest BCUT2D eigenvalue weighted by atomic mass is 127. The Morgan fingerprint density at radius 2 is 1.91 bits per heavy atom. The summed E-state index contributed by atoms with van der Waals surface area (Å²) in [5, 5.41) is 3.27. The minimum Gasteiger partial charge on any atom is -0.379 e. The van der Waals surface area contributed by atoms with E-state index in [2.05, 4.69) is 42.4 Å². The number of aliphatic imine (C=N–C) groups is 1. The first-order valence-corrected chi connectivity index (χ1v) is 8.00. The van der Waals surface area contributed by atoms with Gasteiger partial charge in [0.25, 0.3) is 0 Å². The summed E-state index contributed by atoms with van der Waals surface area (Å²) in [5.41, 5.74) is 9.66. The van der Waals surface area contributed by atoms with Gasteiger partial charge in [0, 0.05) is 12.3 Å². The lowest BCUT2D eigenvalue weighted by Gasteiger charge is -2.14. The van der Waals surface area contributed by atoms with Crippen molar-refractivity contribution in [2.45, 2.75) is 39.5 Å². The fraction of sp³-hybridized carbons (Fsp3) is 0.588. The van der Waals surface area contributed by atoms with E-state index in [9.17, 15) is 0 Å². The van der Waals surface area contributed by atoms with Crippen LogP contribution in [0.4, 0.5) is 5.69 Å². The van der Waals surface area contributed by atoms with Gasteiger partial charge in [-0.25, -0.2) is 0 Å². The molecule has 0 aromatic heterocycles. The van der Waals surface area contributed by atoms with Crippen molar-refractivity contribution in [2.75, 3.05) is 25.1 Å². The van der Waals surface area contributed by atoms with Crippen LogP contribution in [-0.2, 0) is 17.6 Å². The van der Waals surface area contributed by atoms with Gasteiger partial charge in [-0.15, -0.1) is 24.0 Å². The van der Waals surface area contributed by atoms with Gasteiger partial charge >= 0.3 is 0 Å². The molecule has 2 rings (SSSR count). The second-order valence-electron chi connectivity index (χ2n) is 5.57. The zero-order chi connectivity index (χ0) is 15.1. The molecule has 124 valence electrons. The summed E-state index contributed by atoms with van der Waals surface area (Å²) in [4.78, 5) is 4.35. The number of hydrogen-bond acceptors (Lipinski definition) is 2. The molecule has 5 heteroatoms. The van der Waals surface area contributed by atoms with Crippen molar-refractivity contribution in [1.82, 2.24) is 0 Å². The van der Waals surface area contributed by atoms with E-state index >= 15 is 0 Å². The first-order valence-electron chi connectivity index (χ1n) is 8.00. The molecule has 1 aliphatic rings. The minimum absolute atomic E-state index is 0. The Balaban J connectivity index is 0.00000242. The van der Waals surface area contributed by atoms with Gasteiger partial charge in [0.2, 0.25) is 0 Å². The van der Waals surface area contributed by atoms with E-state index in [1.54, 1.807) is 0 Å². The van der Waals surface area contributed by atoms with Gasteiger partial charge in [-0.1, -0.05) is 32.0 Å². The van der Waals surface area contributed by atoms with Gasteiger partial charge < -0.3 is 15.8 Å². The molecule has 3 N–H and O–H groups in total. The summed E-state index contributed by atoms with van der Waals surface area (Å²) in [6.07, 6.45) is 4.60. The Morgan fingerprint density at radius 1 is 1.27 bits per heavy atom. The molecule has 0 bridgehead atoms. The molecule has 0 amide bonds. The first-order chi connectivity index (χ1) is 10.2. The molecule has 0 unspecified atom stereocenters. The van der Waals surface area contributed by atoms with Crippen molar-refractivity contribution in [2.24, 2.45) is 16.6 Å². The Morgan fingerprint density at radius 3 is 2.45 bits per heavy atom. The Kier molecular flexibility index (Phi) is 8.78. The van der Waals surface area contributed by atoms with Crippen LogP contribution in [0.1, 0.15) is 37.8 Å². The third-order valence-electron chi connectivity index (χ3n) is 3.82. The molecule has 0 heterocycles. The second-order valence-corrected chi connectivity index (χ2v) is 5.57. The molecule has 1 aliphatic carbocycles. The highest BCUT2D eigenvalue weighted by Gasteiger charge is 2.20. The zero-order valence-electron chi connectivity index (χ0n) is 13.6. The van der Waals surface area contributed by atoms with Crippen LogP contribution in [0.25, 0.3) is 0 Å². The maximum absolute atomic E-state index is 5.99. The summed E-state index contributed by atoms with van der Waals surface area (Å²) >= 11 is 0. The number of aryl methyl sites for hydroxylation is 2. The minimum atomic E-state index is 0. The lowest BCUT2D eigenvalue weighted by molar-refractivity contribution is 0.132. The number of anilines is 1. The van der Waals surface area contributed by atoms with Crippen LogP contribution in [0.5, 0.6) is 0 Å². The third kappa shape index (κ3) is 6.12. The monoisotopic (exact) mass is 417 g/mol. The van der Waals surface area contributed by atoms with E-state index in [0.717, 1.165) is 31.1 Å². The predicted molar refractivity (Wildman–Crippen MR) is 104 cm³/mol. The van der Waals surface area contributed by atoms with E-state index < -0.39 is 0 Å². The molecule has 4 nitrogen and oxygen atoms in total. The maximum Gasteiger partial charge on any atom is 0.193 e. The molecule has 0 saturated heterocycles. The average molecular weight is 417 g/mol. The number of halogens is 1. The molecule has 0 radical (unpaired) electrons. The molecule has 0 spiro atoms. The van der Waals surface area contributed by atoms with E-state index in [4.69, 9.17) is 10.5 Å². The number of rotatable bonds is 8. The number of guanidine groups is 1. The van der Waals surface area contributed by atoms with E-state index in [1.807, 2.05) is 0 Å². The van der Waals surface area contributed by atoms with Gasteiger partial charge in [-0.3, -0.25) is 4.99 Å². The standard InChI is InChI=1S/C17H27N3O.HI/c1-3-14-6-5-7-15(4-2)16(14)20-17(18)19-10-11-21-12-13-8-9-13;/h5-7,13H,3-4,8-12H2,1-2H3,(H3,18,19,20);1H. The number of benzene rings is 1. The Labute approximate surface area is 150 Å². The van der Waals surface area contributed by atoms with Crippen LogP contribution in [0.3, 0.4) is 0 Å². The smallest absolute Gasteiger partial charge is 0.193 e. The molecule has 1 saturated carbocycles. The Bertz CT molecular complexity index is 465. The van der Waals surface area contributed by atoms with E-state index in [0.29, 0.717) is 19.1 Å². The summed E-state index contributed by atoms with van der Waals surface area (Å²) in [5.74, 6) is 1.27. The zero-order valence-corrected chi connectivity index (χ0v) is 15.9. The predicted octanol–water partition coefficient (Wildman–Crippen LogP) is 3.58. The number of nitrogens with one attached hydrogen (secondary N) is 1. The number of ether oxygens (including phenoxy) is 1. The van der Waals surface area contributed by atoms with Crippen LogP contribution in [-0.4, -0.2) is 25.7 Å². The van der Waals surface area contributed by atoms with Crippen molar-refractivity contribution in [3.8, 4) is 0 Å². The van der Waals surface area contributed by atoms with Crippen molar-refractivity contribution < 1.29 is 4.74 Å².